The van der Waals surface area contributed by atoms with Crippen molar-refractivity contribution in [2.24, 2.45) is 10.8 Å². The van der Waals surface area contributed by atoms with Gasteiger partial charge in [-0.25, -0.2) is 0 Å². The summed E-state index contributed by atoms with van der Waals surface area (Å²) in [6.07, 6.45) is -3.09. The molecule has 0 saturated heterocycles. The monoisotopic (exact) mass is 478 g/mol. The molecule has 2 amide bonds. The van der Waals surface area contributed by atoms with Crippen LogP contribution in [0.1, 0.15) is 40.5 Å². The van der Waals surface area contributed by atoms with Gasteiger partial charge in [0.15, 0.2) is 0 Å². The standard InChI is InChI=1S/2C9H17NO5.Ca/c2*1-9(2,5-11)7(14)8(15)10-4-3-6(12)13;/h2*7,11,14H,3-5H2,1-2H3,(H,10,15)(H,12,13);. The first kappa shape index (κ1) is 34.6. The van der Waals surface area contributed by atoms with Gasteiger partial charge in [-0.1, -0.05) is 27.7 Å². The number of hydrogen-bond donors (Lipinski definition) is 8. The fraction of sp³-hybridized carbons (Fsp3) is 0.778. The van der Waals surface area contributed by atoms with Crippen LogP contribution in [0.3, 0.4) is 0 Å². The first-order chi connectivity index (χ1) is 13.6. The second-order valence-electron chi connectivity index (χ2n) is 7.97. The molecule has 8 N–H and O–H groups in total. The maximum Gasteiger partial charge on any atom is 0.305 e. The van der Waals surface area contributed by atoms with Crippen molar-refractivity contribution in [1.82, 2.24) is 10.6 Å². The Bertz CT molecular complexity index is 534. The number of aliphatic hydroxyl groups is 4. The fourth-order valence-corrected chi connectivity index (χ4v) is 1.66. The van der Waals surface area contributed by atoms with E-state index in [2.05, 4.69) is 10.6 Å². The fourth-order valence-electron chi connectivity index (χ4n) is 1.66. The first-order valence-electron chi connectivity index (χ1n) is 9.19. The molecule has 31 heavy (non-hydrogen) atoms. The Labute approximate surface area is 211 Å². The normalized spacial score (nSPS) is 12.9. The molecule has 2 atom stereocenters. The number of hydrogen-bond acceptors (Lipinski definition) is 8. The summed E-state index contributed by atoms with van der Waals surface area (Å²) in [5.74, 6) is -3.39. The predicted octanol–water partition coefficient (Wildman–Crippen LogP) is -2.47. The van der Waals surface area contributed by atoms with Gasteiger partial charge in [0.1, 0.15) is 12.2 Å². The van der Waals surface area contributed by atoms with Crippen LogP contribution in [0, 0.1) is 10.8 Å². The Hall–Kier alpha value is -1.02. The van der Waals surface area contributed by atoms with Gasteiger partial charge in [-0.15, -0.1) is 0 Å². The van der Waals surface area contributed by atoms with E-state index in [-0.39, 0.29) is 76.9 Å². The molecular weight excluding hydrogens is 444 g/mol. The van der Waals surface area contributed by atoms with Gasteiger partial charge in [-0.05, 0) is 0 Å². The van der Waals surface area contributed by atoms with E-state index in [9.17, 15) is 29.4 Å². The van der Waals surface area contributed by atoms with Crippen LogP contribution in [0.4, 0.5) is 0 Å². The summed E-state index contributed by atoms with van der Waals surface area (Å²) in [5, 5.41) is 57.9. The molecule has 13 heteroatoms. The summed E-state index contributed by atoms with van der Waals surface area (Å²) in [7, 11) is 0. The SMILES string of the molecule is CC(C)(CO)C(O)C(=O)NCCC(=O)O.CC(C)(CO)C(O)C(=O)NCCC(=O)O.[Ca]. The van der Waals surface area contributed by atoms with Crippen LogP contribution >= 0.6 is 0 Å². The van der Waals surface area contributed by atoms with Crippen LogP contribution in [0.5, 0.6) is 0 Å². The summed E-state index contributed by atoms with van der Waals surface area (Å²) in [5.41, 5.74) is -1.87. The van der Waals surface area contributed by atoms with Crippen LogP contribution in [-0.2, 0) is 19.2 Å². The number of rotatable bonds is 12. The maximum absolute atomic E-state index is 11.3. The summed E-state index contributed by atoms with van der Waals surface area (Å²) >= 11 is 0. The first-order valence-corrected chi connectivity index (χ1v) is 9.19. The number of aliphatic hydroxyl groups excluding tert-OH is 4. The third-order valence-corrected chi connectivity index (χ3v) is 4.07. The summed E-state index contributed by atoms with van der Waals surface area (Å²) < 4.78 is 0. The molecule has 0 aliphatic rings. The minimum Gasteiger partial charge on any atom is -0.481 e. The summed E-state index contributed by atoms with van der Waals surface area (Å²) in [4.78, 5) is 42.8. The van der Waals surface area contributed by atoms with Gasteiger partial charge in [-0.2, -0.15) is 0 Å². The van der Waals surface area contributed by atoms with Crippen molar-refractivity contribution < 1.29 is 49.8 Å². The largest absolute Gasteiger partial charge is 0.481 e. The molecule has 2 unspecified atom stereocenters. The third-order valence-electron chi connectivity index (χ3n) is 4.07. The third kappa shape index (κ3) is 15.4. The van der Waals surface area contributed by atoms with Gasteiger partial charge in [-0.3, -0.25) is 19.2 Å². The molecule has 0 aromatic carbocycles. The zero-order chi connectivity index (χ0) is 24.1. The second kappa shape index (κ2) is 16.6. The van der Waals surface area contributed by atoms with Crippen LogP contribution in [0.15, 0.2) is 0 Å². The number of carbonyl (C=O) groups excluding carboxylic acids is 2. The quantitative estimate of drug-likeness (QED) is 0.138. The molecular formula is C18H34CaN2O10. The molecule has 178 valence electrons. The van der Waals surface area contributed by atoms with Crippen molar-refractivity contribution in [3.8, 4) is 0 Å². The zero-order valence-corrected chi connectivity index (χ0v) is 20.6. The Morgan fingerprint density at radius 1 is 0.710 bits per heavy atom. The van der Waals surface area contributed by atoms with Gasteiger partial charge >= 0.3 is 11.9 Å². The van der Waals surface area contributed by atoms with Gasteiger partial charge in [0.2, 0.25) is 11.8 Å². The van der Waals surface area contributed by atoms with Crippen molar-refractivity contribution >= 4 is 61.5 Å². The Morgan fingerprint density at radius 3 is 1.16 bits per heavy atom. The van der Waals surface area contributed by atoms with Crippen molar-refractivity contribution in [2.75, 3.05) is 26.3 Å². The zero-order valence-electron chi connectivity index (χ0n) is 18.4. The molecule has 0 bridgehead atoms. The molecule has 0 aliphatic heterocycles. The van der Waals surface area contributed by atoms with Crippen molar-refractivity contribution in [3.05, 3.63) is 0 Å². The van der Waals surface area contributed by atoms with E-state index < -0.39 is 46.8 Å². The predicted molar refractivity (Wildman–Crippen MR) is 110 cm³/mol. The van der Waals surface area contributed by atoms with Crippen molar-refractivity contribution in [3.63, 3.8) is 0 Å². The number of nitrogens with one attached hydrogen (secondary N) is 2. The number of amides is 2. The minimum atomic E-state index is -1.35. The molecule has 12 nitrogen and oxygen atoms in total. The minimum absolute atomic E-state index is 0. The molecule has 0 fully saturated rings. The van der Waals surface area contributed by atoms with Gasteiger partial charge in [0.05, 0.1) is 26.1 Å². The number of carbonyl (C=O) groups is 4. The molecule has 0 spiro atoms. The van der Waals surface area contributed by atoms with Gasteiger partial charge < -0.3 is 41.3 Å². The number of carboxylic acid groups (broad SMARTS) is 2. The number of carboxylic acids is 2. The van der Waals surface area contributed by atoms with E-state index in [4.69, 9.17) is 20.4 Å². The smallest absolute Gasteiger partial charge is 0.305 e. The average molecular weight is 479 g/mol. The van der Waals surface area contributed by atoms with Crippen LogP contribution in [-0.4, -0.2) is 131 Å². The second-order valence-corrected chi connectivity index (χ2v) is 7.97. The van der Waals surface area contributed by atoms with Crippen LogP contribution < -0.4 is 10.6 Å². The maximum atomic E-state index is 11.3. The molecule has 0 heterocycles. The van der Waals surface area contributed by atoms with E-state index in [1.54, 1.807) is 0 Å². The summed E-state index contributed by atoms with van der Waals surface area (Å²) in [6.45, 7) is 5.41. The van der Waals surface area contributed by atoms with Crippen molar-refractivity contribution in [1.29, 1.82) is 0 Å². The molecule has 0 saturated carbocycles. The molecule has 0 aromatic heterocycles. The van der Waals surface area contributed by atoms with Crippen LogP contribution in [0.25, 0.3) is 0 Å². The molecule has 0 aliphatic carbocycles. The molecule has 0 aromatic rings. The Balaban J connectivity index is -0.000000490. The summed E-state index contributed by atoms with van der Waals surface area (Å²) in [6, 6.07) is 0. The van der Waals surface area contributed by atoms with E-state index >= 15 is 0 Å². The van der Waals surface area contributed by atoms with Crippen LogP contribution in [0.2, 0.25) is 0 Å². The van der Waals surface area contributed by atoms with E-state index in [0.717, 1.165) is 0 Å². The molecule has 0 rings (SSSR count). The van der Waals surface area contributed by atoms with Gasteiger partial charge in [0.25, 0.3) is 0 Å². The molecule has 2 radical (unpaired) electrons. The number of aliphatic carboxylic acids is 2. The topological polar surface area (TPSA) is 214 Å². The van der Waals surface area contributed by atoms with Gasteiger partial charge in [0, 0.05) is 61.7 Å². The van der Waals surface area contributed by atoms with Crippen molar-refractivity contribution in [2.45, 2.75) is 52.7 Å². The Morgan fingerprint density at radius 2 is 0.968 bits per heavy atom. The van der Waals surface area contributed by atoms with E-state index in [1.807, 2.05) is 0 Å². The van der Waals surface area contributed by atoms with E-state index in [1.165, 1.54) is 27.7 Å². The average Bonchev–Trinajstić information content (AvgIpc) is 2.66. The Kier molecular flexibility index (Phi) is 18.5. The van der Waals surface area contributed by atoms with E-state index in [0.29, 0.717) is 0 Å².